The maximum Gasteiger partial charge on any atom is 0.267 e. The second-order valence-corrected chi connectivity index (χ2v) is 4.68. The lowest BCUT2D eigenvalue weighted by atomic mass is 10.3. The molecule has 7 heteroatoms. The van der Waals surface area contributed by atoms with Gasteiger partial charge in [-0.05, 0) is 6.92 Å². The highest BCUT2D eigenvalue weighted by atomic mass is 32.2. The first kappa shape index (κ1) is 11.0. The van der Waals surface area contributed by atoms with Crippen LogP contribution in [0.3, 0.4) is 0 Å². The van der Waals surface area contributed by atoms with Gasteiger partial charge in [0.25, 0.3) is 10.1 Å². The van der Waals surface area contributed by atoms with Gasteiger partial charge in [0, 0.05) is 6.42 Å². The predicted molar refractivity (Wildman–Crippen MR) is 46.7 cm³/mol. The van der Waals surface area contributed by atoms with Crippen LogP contribution >= 0.6 is 0 Å². The quantitative estimate of drug-likeness (QED) is 0.747. The van der Waals surface area contributed by atoms with Crippen molar-refractivity contribution in [2.45, 2.75) is 18.6 Å². The van der Waals surface area contributed by atoms with E-state index in [1.54, 1.807) is 0 Å². The minimum atomic E-state index is -4.08. The van der Waals surface area contributed by atoms with Crippen LogP contribution in [0.4, 0.5) is 4.39 Å². The van der Waals surface area contributed by atoms with E-state index in [0.29, 0.717) is 0 Å². The summed E-state index contributed by atoms with van der Waals surface area (Å²) in [5.74, 6) is -0.412. The number of halogens is 1. The van der Waals surface area contributed by atoms with Crippen LogP contribution in [0, 0.1) is 5.82 Å². The molecule has 1 heterocycles. The fourth-order valence-electron chi connectivity index (χ4n) is 0.807. The second-order valence-electron chi connectivity index (χ2n) is 2.85. The minimum Gasteiger partial charge on any atom is -0.285 e. The van der Waals surface area contributed by atoms with Crippen molar-refractivity contribution in [1.29, 1.82) is 0 Å². The van der Waals surface area contributed by atoms with Crippen molar-refractivity contribution < 1.29 is 17.4 Å². The fraction of sp³-hybridized carbons (Fsp3) is 0.429. The molecule has 0 amide bonds. The Morgan fingerprint density at radius 2 is 2.00 bits per heavy atom. The molecule has 1 N–H and O–H groups in total. The molecule has 0 aromatic carbocycles. The highest BCUT2D eigenvalue weighted by Crippen LogP contribution is 2.04. The molecule has 1 aromatic rings. The van der Waals surface area contributed by atoms with Crippen molar-refractivity contribution in [3.8, 4) is 0 Å². The predicted octanol–water partition coefficient (Wildman–Crippen LogP) is 0.435. The zero-order chi connectivity index (χ0) is 10.8. The molecule has 0 saturated heterocycles. The molecule has 0 unspecified atom stereocenters. The van der Waals surface area contributed by atoms with Crippen molar-refractivity contribution in [3.63, 3.8) is 0 Å². The molecule has 0 radical (unpaired) electrons. The Hall–Kier alpha value is -1.08. The van der Waals surface area contributed by atoms with Gasteiger partial charge in [0.2, 0.25) is 0 Å². The lowest BCUT2D eigenvalue weighted by Gasteiger charge is -2.05. The zero-order valence-electron chi connectivity index (χ0n) is 7.38. The van der Waals surface area contributed by atoms with Crippen LogP contribution in [0.1, 0.15) is 12.7 Å². The van der Waals surface area contributed by atoms with E-state index in [9.17, 15) is 12.8 Å². The van der Waals surface area contributed by atoms with Gasteiger partial charge in [-0.1, -0.05) is 0 Å². The second kappa shape index (κ2) is 3.97. The standard InChI is InChI=1S/C7H9FN2O3S/c1-5(14(11,12)13)2-7-9-3-6(8)4-10-7/h3-5H,2H2,1H3,(H,11,12,13)/t5-/m1/s1. The van der Waals surface area contributed by atoms with Gasteiger partial charge in [0.05, 0.1) is 17.6 Å². The normalized spacial score (nSPS) is 13.9. The lowest BCUT2D eigenvalue weighted by Crippen LogP contribution is -2.20. The maximum absolute atomic E-state index is 12.4. The van der Waals surface area contributed by atoms with Crippen molar-refractivity contribution in [3.05, 3.63) is 24.0 Å². The van der Waals surface area contributed by atoms with Gasteiger partial charge in [0.1, 0.15) is 5.82 Å². The third-order valence-electron chi connectivity index (χ3n) is 1.65. The molecule has 78 valence electrons. The third kappa shape index (κ3) is 3.00. The first-order chi connectivity index (χ1) is 6.39. The van der Waals surface area contributed by atoms with Gasteiger partial charge in [-0.3, -0.25) is 4.55 Å². The topological polar surface area (TPSA) is 80.2 Å². The van der Waals surface area contributed by atoms with Crippen LogP contribution in [0.25, 0.3) is 0 Å². The van der Waals surface area contributed by atoms with Gasteiger partial charge in [0.15, 0.2) is 5.82 Å². The molecular formula is C7H9FN2O3S. The van der Waals surface area contributed by atoms with Crippen LogP contribution < -0.4 is 0 Å². The molecule has 5 nitrogen and oxygen atoms in total. The molecule has 1 aromatic heterocycles. The van der Waals surface area contributed by atoms with Crippen molar-refractivity contribution in [1.82, 2.24) is 9.97 Å². The molecule has 0 saturated carbocycles. The molecule has 1 atom stereocenters. The molecule has 0 aliphatic heterocycles. The summed E-state index contributed by atoms with van der Waals surface area (Å²) in [7, 11) is -4.08. The largest absolute Gasteiger partial charge is 0.285 e. The van der Waals surface area contributed by atoms with E-state index in [0.717, 1.165) is 12.4 Å². The SMILES string of the molecule is C[C@H](Cc1ncc(F)cn1)S(=O)(=O)O. The Morgan fingerprint density at radius 3 is 2.43 bits per heavy atom. The van der Waals surface area contributed by atoms with E-state index in [4.69, 9.17) is 4.55 Å². The summed E-state index contributed by atoms with van der Waals surface area (Å²) < 4.78 is 42.3. The van der Waals surface area contributed by atoms with Gasteiger partial charge in [-0.2, -0.15) is 8.42 Å². The van der Waals surface area contributed by atoms with Crippen molar-refractivity contribution >= 4 is 10.1 Å². The van der Waals surface area contributed by atoms with Gasteiger partial charge in [-0.25, -0.2) is 14.4 Å². The van der Waals surface area contributed by atoms with Crippen LogP contribution in [0.15, 0.2) is 12.4 Å². The first-order valence-corrected chi connectivity index (χ1v) is 5.32. The van der Waals surface area contributed by atoms with E-state index < -0.39 is 21.2 Å². The molecule has 0 aliphatic carbocycles. The van der Waals surface area contributed by atoms with Crippen molar-refractivity contribution in [2.24, 2.45) is 0 Å². The van der Waals surface area contributed by atoms with Crippen LogP contribution in [0.5, 0.6) is 0 Å². The van der Waals surface area contributed by atoms with E-state index in [2.05, 4.69) is 9.97 Å². The number of hydrogen-bond donors (Lipinski definition) is 1. The molecular weight excluding hydrogens is 211 g/mol. The van der Waals surface area contributed by atoms with E-state index in [1.807, 2.05) is 0 Å². The Bertz CT molecular complexity index is 403. The number of aromatic nitrogens is 2. The summed E-state index contributed by atoms with van der Waals surface area (Å²) in [4.78, 5) is 7.14. The first-order valence-electron chi connectivity index (χ1n) is 3.82. The Kier molecular flexibility index (Phi) is 3.12. The smallest absolute Gasteiger partial charge is 0.267 e. The Morgan fingerprint density at radius 1 is 1.50 bits per heavy atom. The third-order valence-corrected chi connectivity index (χ3v) is 2.84. The number of rotatable bonds is 3. The summed E-state index contributed by atoms with van der Waals surface area (Å²) >= 11 is 0. The average molecular weight is 220 g/mol. The summed E-state index contributed by atoms with van der Waals surface area (Å²) in [5.41, 5.74) is 0. The van der Waals surface area contributed by atoms with Crippen LogP contribution in [0.2, 0.25) is 0 Å². The van der Waals surface area contributed by atoms with Crippen LogP contribution in [-0.4, -0.2) is 28.2 Å². The fourth-order valence-corrected chi connectivity index (χ4v) is 1.17. The van der Waals surface area contributed by atoms with E-state index in [-0.39, 0.29) is 12.2 Å². The number of nitrogens with zero attached hydrogens (tertiary/aromatic N) is 2. The van der Waals surface area contributed by atoms with Gasteiger partial charge >= 0.3 is 0 Å². The number of hydrogen-bond acceptors (Lipinski definition) is 4. The highest BCUT2D eigenvalue weighted by molar-refractivity contribution is 7.86. The molecule has 0 bridgehead atoms. The zero-order valence-corrected chi connectivity index (χ0v) is 8.20. The lowest BCUT2D eigenvalue weighted by molar-refractivity contribution is 0.468. The Labute approximate surface area is 80.8 Å². The maximum atomic E-state index is 12.4. The highest BCUT2D eigenvalue weighted by Gasteiger charge is 2.18. The van der Waals surface area contributed by atoms with Crippen LogP contribution in [-0.2, 0) is 16.5 Å². The van der Waals surface area contributed by atoms with Gasteiger partial charge in [-0.15, -0.1) is 0 Å². The minimum absolute atomic E-state index is 0.0425. The van der Waals surface area contributed by atoms with Crippen molar-refractivity contribution in [2.75, 3.05) is 0 Å². The molecule has 0 fully saturated rings. The summed E-state index contributed by atoms with van der Waals surface area (Å²) in [6.45, 7) is 1.32. The summed E-state index contributed by atoms with van der Waals surface area (Å²) in [6.07, 6.45) is 1.84. The summed E-state index contributed by atoms with van der Waals surface area (Å²) in [6, 6.07) is 0. The summed E-state index contributed by atoms with van der Waals surface area (Å²) in [5, 5.41) is -0.993. The molecule has 14 heavy (non-hydrogen) atoms. The van der Waals surface area contributed by atoms with E-state index >= 15 is 0 Å². The van der Waals surface area contributed by atoms with E-state index in [1.165, 1.54) is 6.92 Å². The molecule has 0 aliphatic rings. The average Bonchev–Trinajstić information content (AvgIpc) is 2.07. The molecule has 0 spiro atoms. The molecule has 1 rings (SSSR count). The monoisotopic (exact) mass is 220 g/mol. The Balaban J connectivity index is 2.75. The van der Waals surface area contributed by atoms with Gasteiger partial charge < -0.3 is 0 Å².